The number of nitrogens with zero attached hydrogens (tertiary/aromatic N) is 2. The maximum Gasteiger partial charge on any atom is 0.230 e. The second-order valence-corrected chi connectivity index (χ2v) is 7.33. The molecule has 0 aliphatic heterocycles. The number of carbonyl (C=O) groups is 1. The van der Waals surface area contributed by atoms with Crippen molar-refractivity contribution < 1.29 is 19.0 Å². The van der Waals surface area contributed by atoms with Gasteiger partial charge in [0.2, 0.25) is 11.0 Å². The molecule has 1 amide bonds. The summed E-state index contributed by atoms with van der Waals surface area (Å²) in [6.45, 7) is 0. The van der Waals surface area contributed by atoms with Crippen LogP contribution in [0, 0.1) is 0 Å². The van der Waals surface area contributed by atoms with Crippen LogP contribution < -0.4 is 19.5 Å². The molecule has 0 saturated carbocycles. The Hall–Kier alpha value is -3.13. The third kappa shape index (κ3) is 5.68. The van der Waals surface area contributed by atoms with Gasteiger partial charge in [-0.15, -0.1) is 10.2 Å². The monoisotopic (exact) mass is 413 g/mol. The van der Waals surface area contributed by atoms with Gasteiger partial charge in [0.1, 0.15) is 10.8 Å². The van der Waals surface area contributed by atoms with E-state index in [1.54, 1.807) is 33.5 Å². The quantitative estimate of drug-likeness (QED) is 0.578. The van der Waals surface area contributed by atoms with Crippen molar-refractivity contribution >= 4 is 22.4 Å². The van der Waals surface area contributed by atoms with Crippen LogP contribution in [0.25, 0.3) is 0 Å². The highest BCUT2D eigenvalue weighted by atomic mass is 32.1. The number of rotatable bonds is 9. The van der Waals surface area contributed by atoms with Gasteiger partial charge < -0.3 is 19.5 Å². The van der Waals surface area contributed by atoms with Gasteiger partial charge in [0.15, 0.2) is 11.5 Å². The van der Waals surface area contributed by atoms with Crippen molar-refractivity contribution in [1.82, 2.24) is 10.2 Å². The molecule has 0 saturated heterocycles. The fourth-order valence-electron chi connectivity index (χ4n) is 2.79. The van der Waals surface area contributed by atoms with Crippen molar-refractivity contribution in [3.8, 4) is 17.2 Å². The van der Waals surface area contributed by atoms with Crippen molar-refractivity contribution in [1.29, 1.82) is 0 Å². The van der Waals surface area contributed by atoms with Crippen molar-refractivity contribution in [2.24, 2.45) is 0 Å². The molecule has 0 atom stereocenters. The summed E-state index contributed by atoms with van der Waals surface area (Å²) in [6.07, 6.45) is 1.81. The minimum atomic E-state index is -0.157. The smallest absolute Gasteiger partial charge is 0.230 e. The third-order valence-corrected chi connectivity index (χ3v) is 5.21. The van der Waals surface area contributed by atoms with Gasteiger partial charge in [0, 0.05) is 6.42 Å². The van der Waals surface area contributed by atoms with Gasteiger partial charge >= 0.3 is 0 Å². The summed E-state index contributed by atoms with van der Waals surface area (Å²) in [6, 6.07) is 13.4. The number of ether oxygens (including phenoxy) is 3. The molecule has 8 heteroatoms. The Bertz CT molecular complexity index is 957. The predicted molar refractivity (Wildman–Crippen MR) is 112 cm³/mol. The number of carbonyl (C=O) groups excluding carboxylic acids is 1. The zero-order valence-corrected chi connectivity index (χ0v) is 17.4. The molecule has 1 heterocycles. The molecule has 7 nitrogen and oxygen atoms in total. The van der Waals surface area contributed by atoms with Crippen LogP contribution in [0.3, 0.4) is 0 Å². The number of benzene rings is 2. The lowest BCUT2D eigenvalue weighted by Crippen LogP contribution is -2.14. The zero-order valence-electron chi connectivity index (χ0n) is 16.6. The van der Waals surface area contributed by atoms with Gasteiger partial charge in [-0.3, -0.25) is 4.79 Å². The lowest BCUT2D eigenvalue weighted by molar-refractivity contribution is -0.115. The Morgan fingerprint density at radius 1 is 0.897 bits per heavy atom. The number of amides is 1. The summed E-state index contributed by atoms with van der Waals surface area (Å²) in [5, 5.41) is 12.4. The summed E-state index contributed by atoms with van der Waals surface area (Å²) in [4.78, 5) is 12.3. The molecule has 0 bridgehead atoms. The summed E-state index contributed by atoms with van der Waals surface area (Å²) in [7, 11) is 4.79. The van der Waals surface area contributed by atoms with Crippen molar-refractivity contribution in [2.45, 2.75) is 19.3 Å². The maximum absolute atomic E-state index is 12.3. The first kappa shape index (κ1) is 20.6. The normalized spacial score (nSPS) is 10.4. The van der Waals surface area contributed by atoms with Crippen LogP contribution in [-0.2, 0) is 24.1 Å². The summed E-state index contributed by atoms with van der Waals surface area (Å²) >= 11 is 1.39. The topological polar surface area (TPSA) is 82.6 Å². The Kier molecular flexibility index (Phi) is 7.02. The number of hydrogen-bond donors (Lipinski definition) is 1. The van der Waals surface area contributed by atoms with Crippen LogP contribution >= 0.6 is 11.3 Å². The summed E-state index contributed by atoms with van der Waals surface area (Å²) in [5.74, 6) is 1.90. The van der Waals surface area contributed by atoms with E-state index >= 15 is 0 Å². The Morgan fingerprint density at radius 3 is 2.31 bits per heavy atom. The van der Waals surface area contributed by atoms with E-state index in [0.717, 1.165) is 29.2 Å². The molecule has 2 aromatic carbocycles. The van der Waals surface area contributed by atoms with Crippen LogP contribution in [0.1, 0.15) is 16.1 Å². The summed E-state index contributed by atoms with van der Waals surface area (Å²) in [5.41, 5.74) is 2.02. The van der Waals surface area contributed by atoms with E-state index < -0.39 is 0 Å². The Labute approximate surface area is 173 Å². The van der Waals surface area contributed by atoms with E-state index in [2.05, 4.69) is 15.5 Å². The highest BCUT2D eigenvalue weighted by molar-refractivity contribution is 7.15. The lowest BCUT2D eigenvalue weighted by Gasteiger charge is -2.09. The van der Waals surface area contributed by atoms with Crippen LogP contribution in [0.4, 0.5) is 5.13 Å². The molecule has 152 valence electrons. The average molecular weight is 413 g/mol. The van der Waals surface area contributed by atoms with Crippen LogP contribution in [0.15, 0.2) is 42.5 Å². The molecule has 0 aliphatic rings. The van der Waals surface area contributed by atoms with Gasteiger partial charge in [0.05, 0.1) is 27.8 Å². The predicted octanol–water partition coefficient (Wildman–Crippen LogP) is 3.53. The first-order valence-corrected chi connectivity index (χ1v) is 9.89. The molecule has 1 aromatic heterocycles. The van der Waals surface area contributed by atoms with Gasteiger partial charge in [-0.25, -0.2) is 0 Å². The van der Waals surface area contributed by atoms with Gasteiger partial charge in [-0.05, 0) is 41.8 Å². The molecule has 0 unspecified atom stereocenters. The van der Waals surface area contributed by atoms with Gasteiger partial charge in [0.25, 0.3) is 0 Å². The second-order valence-electron chi connectivity index (χ2n) is 6.26. The minimum absolute atomic E-state index is 0.157. The number of aromatic nitrogens is 2. The molecule has 0 fully saturated rings. The first-order valence-electron chi connectivity index (χ1n) is 9.07. The molecular formula is C21H23N3O4S. The Morgan fingerprint density at radius 2 is 1.62 bits per heavy atom. The molecule has 1 N–H and O–H groups in total. The van der Waals surface area contributed by atoms with E-state index in [9.17, 15) is 4.79 Å². The standard InChI is InChI=1S/C21H23N3O4S/c1-26-16-8-4-14(5-9-16)7-11-20-23-24-21(29-20)22-19(25)13-15-6-10-17(27-2)18(12-15)28-3/h4-6,8-10,12H,7,11,13H2,1-3H3,(H,22,24,25). The number of anilines is 1. The largest absolute Gasteiger partial charge is 0.497 e. The molecule has 29 heavy (non-hydrogen) atoms. The number of nitrogens with one attached hydrogen (secondary N) is 1. The highest BCUT2D eigenvalue weighted by Crippen LogP contribution is 2.28. The molecule has 0 spiro atoms. The van der Waals surface area contributed by atoms with Crippen molar-refractivity contribution in [3.05, 3.63) is 58.6 Å². The highest BCUT2D eigenvalue weighted by Gasteiger charge is 2.11. The van der Waals surface area contributed by atoms with Gasteiger partial charge in [-0.2, -0.15) is 0 Å². The van der Waals surface area contributed by atoms with E-state index in [4.69, 9.17) is 14.2 Å². The van der Waals surface area contributed by atoms with E-state index in [1.807, 2.05) is 30.3 Å². The van der Waals surface area contributed by atoms with Crippen molar-refractivity contribution in [3.63, 3.8) is 0 Å². The van der Waals surface area contributed by atoms with Gasteiger partial charge in [-0.1, -0.05) is 29.5 Å². The molecule has 0 aliphatic carbocycles. The molecular weight excluding hydrogens is 390 g/mol. The first-order chi connectivity index (χ1) is 14.1. The van der Waals surface area contributed by atoms with Crippen LogP contribution in [0.5, 0.6) is 17.2 Å². The zero-order chi connectivity index (χ0) is 20.6. The Balaban J connectivity index is 1.53. The number of hydrogen-bond acceptors (Lipinski definition) is 7. The van der Waals surface area contributed by atoms with Crippen LogP contribution in [-0.4, -0.2) is 37.4 Å². The van der Waals surface area contributed by atoms with E-state index in [-0.39, 0.29) is 12.3 Å². The lowest BCUT2D eigenvalue weighted by atomic mass is 10.1. The fourth-order valence-corrected chi connectivity index (χ4v) is 3.54. The maximum atomic E-state index is 12.3. The van der Waals surface area contributed by atoms with E-state index in [1.165, 1.54) is 16.9 Å². The van der Waals surface area contributed by atoms with E-state index in [0.29, 0.717) is 16.6 Å². The second kappa shape index (κ2) is 9.88. The minimum Gasteiger partial charge on any atom is -0.497 e. The van der Waals surface area contributed by atoms with Crippen molar-refractivity contribution in [2.75, 3.05) is 26.6 Å². The molecule has 3 aromatic rings. The third-order valence-electron chi connectivity index (χ3n) is 4.31. The summed E-state index contributed by atoms with van der Waals surface area (Å²) < 4.78 is 15.7. The SMILES string of the molecule is COc1ccc(CCc2nnc(NC(=O)Cc3ccc(OC)c(OC)c3)s2)cc1. The number of methoxy groups -OCH3 is 3. The molecule has 3 rings (SSSR count). The molecule has 0 radical (unpaired) electrons. The number of aryl methyl sites for hydroxylation is 2. The fraction of sp³-hybridized carbons (Fsp3) is 0.286. The average Bonchev–Trinajstić information content (AvgIpc) is 3.19. The van der Waals surface area contributed by atoms with Crippen LogP contribution in [0.2, 0.25) is 0 Å².